The van der Waals surface area contributed by atoms with Gasteiger partial charge in [-0.05, 0) is 5.56 Å². The first-order valence-corrected chi connectivity index (χ1v) is 9.40. The first kappa shape index (κ1) is 17.8. The molecule has 0 bridgehead atoms. The van der Waals surface area contributed by atoms with Crippen molar-refractivity contribution in [1.29, 1.82) is 0 Å². The third-order valence-corrected chi connectivity index (χ3v) is 4.81. The Morgan fingerprint density at radius 3 is 1.93 bits per heavy atom. The lowest BCUT2D eigenvalue weighted by atomic mass is 10.00. The summed E-state index contributed by atoms with van der Waals surface area (Å²) in [6.45, 7) is 0. The van der Waals surface area contributed by atoms with Crippen LogP contribution in [-0.2, 0) is 0 Å². The third-order valence-electron chi connectivity index (χ3n) is 4.12. The van der Waals surface area contributed by atoms with Gasteiger partial charge in [0.05, 0.1) is 26.4 Å². The Hall–Kier alpha value is -3.64. The number of benzene rings is 3. The Balaban J connectivity index is 1.85. The second-order valence-electron chi connectivity index (χ2n) is 5.97. The molecule has 0 unspecified atom stereocenters. The maximum absolute atomic E-state index is 13.2. The van der Waals surface area contributed by atoms with E-state index in [2.05, 4.69) is 9.59 Å². The van der Waals surface area contributed by atoms with E-state index in [0.29, 0.717) is 11.1 Å². The normalized spacial score (nSPS) is 11.7. The summed E-state index contributed by atoms with van der Waals surface area (Å²) >= 11 is 1.02. The molecule has 0 radical (unpaired) electrons. The molecule has 4 rings (SSSR count). The Morgan fingerprint density at radius 1 is 0.786 bits per heavy atom. The highest BCUT2D eigenvalue weighted by molar-refractivity contribution is 7.06. The van der Waals surface area contributed by atoms with E-state index in [1.165, 1.54) is 4.80 Å². The van der Waals surface area contributed by atoms with E-state index in [-0.39, 0.29) is 22.1 Å². The second kappa shape index (κ2) is 7.94. The van der Waals surface area contributed by atoms with Crippen molar-refractivity contribution in [2.45, 2.75) is 0 Å². The van der Waals surface area contributed by atoms with E-state index < -0.39 is 0 Å². The van der Waals surface area contributed by atoms with E-state index in [1.54, 1.807) is 48.5 Å². The van der Waals surface area contributed by atoms with Gasteiger partial charge in [0.1, 0.15) is 0 Å². The van der Waals surface area contributed by atoms with Gasteiger partial charge in [-0.3, -0.25) is 4.79 Å². The number of allylic oxidation sites excluding steroid dienone is 1. The van der Waals surface area contributed by atoms with Crippen LogP contribution in [0.4, 0.5) is 0 Å². The first-order chi connectivity index (χ1) is 13.7. The molecule has 0 atom stereocenters. The zero-order valence-corrected chi connectivity index (χ0v) is 15.5. The van der Waals surface area contributed by atoms with E-state index >= 15 is 0 Å². The van der Waals surface area contributed by atoms with Crippen LogP contribution in [0.1, 0.15) is 20.9 Å². The summed E-state index contributed by atoms with van der Waals surface area (Å²) in [5, 5.41) is 17.9. The average Bonchev–Trinajstić information content (AvgIpc) is 3.25. The zero-order chi connectivity index (χ0) is 19.3. The molecule has 4 aromatic rings. The summed E-state index contributed by atoms with van der Waals surface area (Å²) in [4.78, 5) is 14.6. The molecule has 0 spiro atoms. The largest absolute Gasteiger partial charge is 0.871 e. The van der Waals surface area contributed by atoms with Crippen molar-refractivity contribution in [3.63, 3.8) is 0 Å². The first-order valence-electron chi connectivity index (χ1n) is 8.62. The smallest absolute Gasteiger partial charge is 0.269 e. The molecule has 0 fully saturated rings. The molecule has 0 N–H and O–H groups in total. The fourth-order valence-electron chi connectivity index (χ4n) is 2.73. The van der Waals surface area contributed by atoms with E-state index in [0.717, 1.165) is 17.2 Å². The molecule has 28 heavy (non-hydrogen) atoms. The van der Waals surface area contributed by atoms with Crippen molar-refractivity contribution in [3.05, 3.63) is 107 Å². The van der Waals surface area contributed by atoms with Gasteiger partial charge in [0.15, 0.2) is 5.78 Å². The molecular weight excluding hydrogens is 370 g/mol. The lowest BCUT2D eigenvalue weighted by Crippen LogP contribution is -2.35. The molecule has 5 nitrogen and oxygen atoms in total. The molecule has 0 aliphatic carbocycles. The van der Waals surface area contributed by atoms with Crippen LogP contribution >= 0.6 is 11.5 Å². The summed E-state index contributed by atoms with van der Waals surface area (Å²) in [6.07, 6.45) is 0. The minimum atomic E-state index is -0.370. The number of rotatable bonds is 5. The maximum Gasteiger partial charge on any atom is 0.269 e. The molecule has 136 valence electrons. The minimum absolute atomic E-state index is 0.0181. The molecule has 3 aromatic carbocycles. The monoisotopic (exact) mass is 385 g/mol. The van der Waals surface area contributed by atoms with Crippen LogP contribution < -0.4 is 9.90 Å². The van der Waals surface area contributed by atoms with Gasteiger partial charge in [-0.15, -0.1) is 0 Å². The summed E-state index contributed by atoms with van der Waals surface area (Å²) in [5.74, 6) is -0.739. The summed E-state index contributed by atoms with van der Waals surface area (Å²) in [7, 11) is 0. The van der Waals surface area contributed by atoms with Crippen LogP contribution in [0, 0.1) is 0 Å². The molecule has 1 heterocycles. The number of carbonyl (C=O) groups is 1. The highest BCUT2D eigenvalue weighted by Gasteiger charge is 2.24. The van der Waals surface area contributed by atoms with E-state index in [9.17, 15) is 9.90 Å². The van der Waals surface area contributed by atoms with Crippen molar-refractivity contribution in [3.8, 4) is 5.69 Å². The number of nitrogens with zero attached hydrogens (tertiary/aromatic N) is 3. The van der Waals surface area contributed by atoms with Gasteiger partial charge < -0.3 is 5.11 Å². The van der Waals surface area contributed by atoms with E-state index in [4.69, 9.17) is 0 Å². The number of aromatic nitrogens is 3. The number of hydrogen-bond acceptors (Lipinski definition) is 5. The number of carbonyl (C=O) groups excluding carboxylic acids is 1. The topological polar surface area (TPSA) is 69.8 Å². The molecule has 0 aliphatic rings. The number of Topliss-reactive ketones (excluding diaryl/α,β-unsaturated/α-hetero) is 1. The highest BCUT2D eigenvalue weighted by Crippen LogP contribution is 2.26. The van der Waals surface area contributed by atoms with Gasteiger partial charge in [0.2, 0.25) is 5.01 Å². The average molecular weight is 385 g/mol. The Morgan fingerprint density at radius 2 is 1.32 bits per heavy atom. The van der Waals surface area contributed by atoms with Gasteiger partial charge in [0, 0.05) is 22.8 Å². The van der Waals surface area contributed by atoms with E-state index in [1.807, 2.05) is 42.5 Å². The molecular formula is C22H15N3O2S. The third kappa shape index (κ3) is 3.58. The predicted octanol–water partition coefficient (Wildman–Crippen LogP) is 2.93. The Kier molecular flexibility index (Phi) is 5.03. The Labute approximate surface area is 166 Å². The molecule has 6 heteroatoms. The number of hydrogen-bond donors (Lipinski definition) is 0. The quantitative estimate of drug-likeness (QED) is 0.229. The van der Waals surface area contributed by atoms with Crippen molar-refractivity contribution < 1.29 is 14.7 Å². The van der Waals surface area contributed by atoms with Crippen LogP contribution in [0.3, 0.4) is 0 Å². The maximum atomic E-state index is 13.2. The second-order valence-corrected chi connectivity index (χ2v) is 6.70. The molecule has 0 saturated carbocycles. The minimum Gasteiger partial charge on any atom is -0.871 e. The van der Waals surface area contributed by atoms with Gasteiger partial charge in [-0.1, -0.05) is 84.6 Å². The van der Waals surface area contributed by atoms with Crippen LogP contribution in [0.15, 0.2) is 91.0 Å². The lowest BCUT2D eigenvalue weighted by Gasteiger charge is -2.16. The van der Waals surface area contributed by atoms with Crippen molar-refractivity contribution in [2.75, 3.05) is 0 Å². The van der Waals surface area contributed by atoms with Gasteiger partial charge in [-0.2, -0.15) is 0 Å². The standard InChI is InChI=1S/C22H15N3O2S/c26-20(16-10-4-1-5-11-16)19(21(27)17-12-6-2-7-13-17)22-23-25(24-28-22)18-14-8-3-9-15-18/h1-15H. The summed E-state index contributed by atoms with van der Waals surface area (Å²) in [5.41, 5.74) is 1.64. The molecule has 0 saturated heterocycles. The van der Waals surface area contributed by atoms with Gasteiger partial charge in [0.25, 0.3) is 5.69 Å². The summed E-state index contributed by atoms with van der Waals surface area (Å²) < 4.78 is 4.28. The fourth-order valence-corrected chi connectivity index (χ4v) is 3.40. The highest BCUT2D eigenvalue weighted by atomic mass is 32.1. The van der Waals surface area contributed by atoms with Crippen LogP contribution in [0.2, 0.25) is 0 Å². The van der Waals surface area contributed by atoms with Crippen LogP contribution in [0.5, 0.6) is 0 Å². The van der Waals surface area contributed by atoms with Crippen LogP contribution in [-0.4, -0.2) is 15.4 Å². The fraction of sp³-hybridized carbons (Fsp3) is 0. The molecule has 0 amide bonds. The lowest BCUT2D eigenvalue weighted by molar-refractivity contribution is -0.710. The molecule has 1 aromatic heterocycles. The Bertz CT molecular complexity index is 1120. The number of para-hydroxylation sites is 1. The van der Waals surface area contributed by atoms with Crippen molar-refractivity contribution in [1.82, 2.24) is 9.59 Å². The summed E-state index contributed by atoms with van der Waals surface area (Å²) in [6, 6.07) is 26.8. The zero-order valence-electron chi connectivity index (χ0n) is 14.7. The molecule has 0 aliphatic heterocycles. The van der Waals surface area contributed by atoms with Crippen molar-refractivity contribution >= 4 is 28.6 Å². The predicted molar refractivity (Wildman–Crippen MR) is 105 cm³/mol. The SMILES string of the molecule is O=C(/C(=C(/[O-])c1ccccc1)c1n[n+](-c2ccccc2)ns1)c1ccccc1. The van der Waals surface area contributed by atoms with Gasteiger partial charge >= 0.3 is 0 Å². The van der Waals surface area contributed by atoms with Crippen LogP contribution in [0.25, 0.3) is 17.0 Å². The number of ketones is 1. The van der Waals surface area contributed by atoms with Gasteiger partial charge in [-0.25, -0.2) is 0 Å². The van der Waals surface area contributed by atoms with Crippen molar-refractivity contribution in [2.24, 2.45) is 0 Å².